The van der Waals surface area contributed by atoms with Crippen LogP contribution >= 0.6 is 0 Å². The lowest BCUT2D eigenvalue weighted by Crippen LogP contribution is -2.08. The number of carbonyl (C=O) groups excluding carboxylic acids is 1. The summed E-state index contributed by atoms with van der Waals surface area (Å²) in [4.78, 5) is 12.6. The monoisotopic (exact) mass is 253 g/mol. The van der Waals surface area contributed by atoms with E-state index in [4.69, 9.17) is 5.73 Å². The Balaban J connectivity index is 2.50. The first-order valence-corrected chi connectivity index (χ1v) is 6.44. The third kappa shape index (κ3) is 2.74. The average molecular weight is 253 g/mol. The van der Waals surface area contributed by atoms with E-state index in [0.717, 1.165) is 22.3 Å². The van der Waals surface area contributed by atoms with Crippen LogP contribution in [0, 0.1) is 20.8 Å². The molecular weight excluding hydrogens is 234 g/mol. The molecule has 0 radical (unpaired) electrons. The van der Waals surface area contributed by atoms with Gasteiger partial charge in [0.1, 0.15) is 0 Å². The van der Waals surface area contributed by atoms with Crippen LogP contribution in [-0.2, 0) is 6.54 Å². The number of hydrogen-bond acceptors (Lipinski definition) is 2. The standard InChI is InChI=1S/C17H19NO/c1-11-7-12(2)16(13(3)8-11)17(19)15-6-4-5-14(9-15)10-18/h4-9H,10,18H2,1-3H3. The van der Waals surface area contributed by atoms with E-state index in [9.17, 15) is 4.79 Å². The molecule has 0 saturated carbocycles. The Morgan fingerprint density at radius 3 is 2.26 bits per heavy atom. The number of ketones is 1. The van der Waals surface area contributed by atoms with Crippen molar-refractivity contribution in [1.29, 1.82) is 0 Å². The van der Waals surface area contributed by atoms with Gasteiger partial charge in [-0.1, -0.05) is 35.9 Å². The van der Waals surface area contributed by atoms with Crippen molar-refractivity contribution in [1.82, 2.24) is 0 Å². The fraction of sp³-hybridized carbons (Fsp3) is 0.235. The molecule has 2 nitrogen and oxygen atoms in total. The summed E-state index contributed by atoms with van der Waals surface area (Å²) in [6.07, 6.45) is 0. The highest BCUT2D eigenvalue weighted by Gasteiger charge is 2.15. The quantitative estimate of drug-likeness (QED) is 0.853. The Hall–Kier alpha value is -1.93. The molecule has 0 bridgehead atoms. The molecule has 19 heavy (non-hydrogen) atoms. The Morgan fingerprint density at radius 1 is 1.05 bits per heavy atom. The molecule has 0 aliphatic carbocycles. The molecule has 0 aromatic heterocycles. The van der Waals surface area contributed by atoms with E-state index in [1.807, 2.05) is 57.2 Å². The van der Waals surface area contributed by atoms with Gasteiger partial charge in [-0.05, 0) is 43.5 Å². The lowest BCUT2D eigenvalue weighted by molar-refractivity contribution is 0.103. The summed E-state index contributed by atoms with van der Waals surface area (Å²) >= 11 is 0. The molecular formula is C17H19NO. The maximum atomic E-state index is 12.6. The predicted molar refractivity (Wildman–Crippen MR) is 78.4 cm³/mol. The van der Waals surface area contributed by atoms with Crippen molar-refractivity contribution in [3.8, 4) is 0 Å². The van der Waals surface area contributed by atoms with Crippen LogP contribution < -0.4 is 5.73 Å². The summed E-state index contributed by atoms with van der Waals surface area (Å²) in [6.45, 7) is 6.47. The zero-order chi connectivity index (χ0) is 14.0. The van der Waals surface area contributed by atoms with Crippen LogP contribution in [0.3, 0.4) is 0 Å². The van der Waals surface area contributed by atoms with Crippen molar-refractivity contribution in [3.63, 3.8) is 0 Å². The van der Waals surface area contributed by atoms with E-state index in [-0.39, 0.29) is 5.78 Å². The van der Waals surface area contributed by atoms with E-state index in [2.05, 4.69) is 0 Å². The van der Waals surface area contributed by atoms with Crippen molar-refractivity contribution >= 4 is 5.78 Å². The van der Waals surface area contributed by atoms with E-state index in [1.165, 1.54) is 5.56 Å². The van der Waals surface area contributed by atoms with Gasteiger partial charge in [-0.2, -0.15) is 0 Å². The zero-order valence-electron chi connectivity index (χ0n) is 11.7. The summed E-state index contributed by atoms with van der Waals surface area (Å²) in [6, 6.07) is 11.6. The first kappa shape index (κ1) is 13.5. The normalized spacial score (nSPS) is 10.5. The molecule has 0 heterocycles. The molecule has 0 spiro atoms. The minimum absolute atomic E-state index is 0.0744. The minimum atomic E-state index is 0.0744. The number of nitrogens with two attached hydrogens (primary N) is 1. The second-order valence-corrected chi connectivity index (χ2v) is 5.01. The second-order valence-electron chi connectivity index (χ2n) is 5.01. The lowest BCUT2D eigenvalue weighted by Gasteiger charge is -2.11. The van der Waals surface area contributed by atoms with E-state index >= 15 is 0 Å². The molecule has 2 aromatic carbocycles. The van der Waals surface area contributed by atoms with E-state index in [1.54, 1.807) is 0 Å². The van der Waals surface area contributed by atoms with Crippen LogP contribution in [0.25, 0.3) is 0 Å². The summed E-state index contributed by atoms with van der Waals surface area (Å²) < 4.78 is 0. The fourth-order valence-corrected chi connectivity index (χ4v) is 2.52. The number of carbonyl (C=O) groups is 1. The van der Waals surface area contributed by atoms with Crippen molar-refractivity contribution in [3.05, 3.63) is 69.8 Å². The molecule has 2 aromatic rings. The van der Waals surface area contributed by atoms with Gasteiger partial charge in [0.2, 0.25) is 0 Å². The van der Waals surface area contributed by atoms with Gasteiger partial charge in [0.15, 0.2) is 5.78 Å². The maximum Gasteiger partial charge on any atom is 0.193 e. The molecule has 0 saturated heterocycles. The highest BCUT2D eigenvalue weighted by atomic mass is 16.1. The highest BCUT2D eigenvalue weighted by molar-refractivity contribution is 6.10. The number of benzene rings is 2. The van der Waals surface area contributed by atoms with Crippen molar-refractivity contribution in [2.75, 3.05) is 0 Å². The maximum absolute atomic E-state index is 12.6. The number of rotatable bonds is 3. The summed E-state index contributed by atoms with van der Waals surface area (Å²) in [7, 11) is 0. The molecule has 2 rings (SSSR count). The Bertz CT molecular complexity index is 606. The molecule has 0 amide bonds. The molecule has 0 unspecified atom stereocenters. The third-order valence-corrected chi connectivity index (χ3v) is 3.33. The largest absolute Gasteiger partial charge is 0.326 e. The van der Waals surface area contributed by atoms with Crippen LogP contribution in [-0.4, -0.2) is 5.78 Å². The van der Waals surface area contributed by atoms with Gasteiger partial charge in [-0.15, -0.1) is 0 Å². The Labute approximate surface area is 114 Å². The van der Waals surface area contributed by atoms with Crippen molar-refractivity contribution < 1.29 is 4.79 Å². The first-order chi connectivity index (χ1) is 9.02. The number of hydrogen-bond donors (Lipinski definition) is 1. The molecule has 0 fully saturated rings. The van der Waals surface area contributed by atoms with Crippen molar-refractivity contribution in [2.45, 2.75) is 27.3 Å². The van der Waals surface area contributed by atoms with Gasteiger partial charge >= 0.3 is 0 Å². The highest BCUT2D eigenvalue weighted by Crippen LogP contribution is 2.20. The number of aryl methyl sites for hydroxylation is 3. The summed E-state index contributed by atoms with van der Waals surface area (Å²) in [5.41, 5.74) is 11.4. The van der Waals surface area contributed by atoms with Crippen LogP contribution in [0.5, 0.6) is 0 Å². The lowest BCUT2D eigenvalue weighted by atomic mass is 9.92. The fourth-order valence-electron chi connectivity index (χ4n) is 2.52. The average Bonchev–Trinajstić information content (AvgIpc) is 2.37. The topological polar surface area (TPSA) is 43.1 Å². The molecule has 0 aliphatic rings. The summed E-state index contributed by atoms with van der Waals surface area (Å²) in [5, 5.41) is 0. The Kier molecular flexibility index (Phi) is 3.82. The Morgan fingerprint density at radius 2 is 1.68 bits per heavy atom. The zero-order valence-corrected chi connectivity index (χ0v) is 11.7. The van der Waals surface area contributed by atoms with Gasteiger partial charge in [0.25, 0.3) is 0 Å². The summed E-state index contributed by atoms with van der Waals surface area (Å²) in [5.74, 6) is 0.0744. The smallest absolute Gasteiger partial charge is 0.193 e. The predicted octanol–water partition coefficient (Wildman–Crippen LogP) is 3.30. The van der Waals surface area contributed by atoms with Gasteiger partial charge in [0, 0.05) is 17.7 Å². The SMILES string of the molecule is Cc1cc(C)c(C(=O)c2cccc(CN)c2)c(C)c1. The van der Waals surface area contributed by atoms with Gasteiger partial charge in [0.05, 0.1) is 0 Å². The molecule has 98 valence electrons. The van der Waals surface area contributed by atoms with E-state index < -0.39 is 0 Å². The van der Waals surface area contributed by atoms with Gasteiger partial charge in [-0.25, -0.2) is 0 Å². The third-order valence-electron chi connectivity index (χ3n) is 3.33. The first-order valence-electron chi connectivity index (χ1n) is 6.44. The van der Waals surface area contributed by atoms with Gasteiger partial charge in [-0.3, -0.25) is 4.79 Å². The van der Waals surface area contributed by atoms with Gasteiger partial charge < -0.3 is 5.73 Å². The molecule has 2 N–H and O–H groups in total. The van der Waals surface area contributed by atoms with E-state index in [0.29, 0.717) is 12.1 Å². The van der Waals surface area contributed by atoms with Crippen LogP contribution in [0.2, 0.25) is 0 Å². The van der Waals surface area contributed by atoms with Crippen LogP contribution in [0.15, 0.2) is 36.4 Å². The van der Waals surface area contributed by atoms with Crippen LogP contribution in [0.1, 0.15) is 38.2 Å². The second kappa shape index (κ2) is 5.37. The minimum Gasteiger partial charge on any atom is -0.326 e. The molecule has 2 heteroatoms. The van der Waals surface area contributed by atoms with Crippen molar-refractivity contribution in [2.24, 2.45) is 5.73 Å². The van der Waals surface area contributed by atoms with Crippen LogP contribution in [0.4, 0.5) is 0 Å². The molecule has 0 aliphatic heterocycles. The molecule has 0 atom stereocenters.